The van der Waals surface area contributed by atoms with E-state index in [4.69, 9.17) is 14.6 Å². The predicted molar refractivity (Wildman–Crippen MR) is 103 cm³/mol. The van der Waals surface area contributed by atoms with Crippen molar-refractivity contribution in [3.63, 3.8) is 0 Å². The number of hydrogen-bond acceptors (Lipinski definition) is 6. The topological polar surface area (TPSA) is 97.2 Å². The Balaban J connectivity index is 2.13. The number of carbonyl (C=O) groups excluding carboxylic acids is 1. The van der Waals surface area contributed by atoms with Crippen molar-refractivity contribution in [3.05, 3.63) is 43.7 Å². The van der Waals surface area contributed by atoms with Crippen LogP contribution < -0.4 is 14.9 Å². The van der Waals surface area contributed by atoms with Crippen LogP contribution in [-0.2, 0) is 4.79 Å². The molecular weight excluding hydrogens is 459 g/mol. The minimum atomic E-state index is -1.07. The SMILES string of the molecule is CCOc1cc(/C=N/NC(=O)c2cccs2)cc(I)c1OCC(=O)O. The van der Waals surface area contributed by atoms with Gasteiger partial charge in [0.1, 0.15) is 0 Å². The van der Waals surface area contributed by atoms with Crippen LogP contribution in [0.5, 0.6) is 11.5 Å². The number of hydrogen-bond donors (Lipinski definition) is 2. The molecule has 0 unspecified atom stereocenters. The summed E-state index contributed by atoms with van der Waals surface area (Å²) in [5.74, 6) is -0.570. The van der Waals surface area contributed by atoms with E-state index >= 15 is 0 Å². The van der Waals surface area contributed by atoms with Crippen LogP contribution in [0.3, 0.4) is 0 Å². The molecule has 25 heavy (non-hydrogen) atoms. The van der Waals surface area contributed by atoms with E-state index in [2.05, 4.69) is 10.5 Å². The number of carbonyl (C=O) groups is 2. The van der Waals surface area contributed by atoms with E-state index in [0.29, 0.717) is 32.1 Å². The van der Waals surface area contributed by atoms with Gasteiger partial charge in [-0.1, -0.05) is 6.07 Å². The lowest BCUT2D eigenvalue weighted by atomic mass is 10.2. The standard InChI is InChI=1S/C16H15IN2O5S/c1-2-23-12-7-10(6-11(17)15(12)24-9-14(20)21)8-18-19-16(22)13-4-3-5-25-13/h3-8H,2,9H2,1H3,(H,19,22)(H,20,21)/b18-8+. The fourth-order valence-electron chi connectivity index (χ4n) is 1.83. The molecule has 9 heteroatoms. The monoisotopic (exact) mass is 474 g/mol. The Hall–Kier alpha value is -2.14. The smallest absolute Gasteiger partial charge is 0.341 e. The fraction of sp³-hybridized carbons (Fsp3) is 0.188. The van der Waals surface area contributed by atoms with E-state index < -0.39 is 12.6 Å². The van der Waals surface area contributed by atoms with Gasteiger partial charge in [0, 0.05) is 0 Å². The van der Waals surface area contributed by atoms with Crippen LogP contribution in [-0.4, -0.2) is 36.4 Å². The highest BCUT2D eigenvalue weighted by atomic mass is 127. The number of aliphatic carboxylic acids is 1. The fourth-order valence-corrected chi connectivity index (χ4v) is 3.22. The minimum Gasteiger partial charge on any atom is -0.490 e. The summed E-state index contributed by atoms with van der Waals surface area (Å²) in [7, 11) is 0. The van der Waals surface area contributed by atoms with Gasteiger partial charge < -0.3 is 14.6 Å². The highest BCUT2D eigenvalue weighted by molar-refractivity contribution is 14.1. The van der Waals surface area contributed by atoms with Crippen molar-refractivity contribution in [2.45, 2.75) is 6.92 Å². The number of halogens is 1. The third-order valence-electron chi connectivity index (χ3n) is 2.80. The molecule has 0 saturated heterocycles. The predicted octanol–water partition coefficient (Wildman–Crippen LogP) is 2.98. The molecule has 0 fully saturated rings. The van der Waals surface area contributed by atoms with Crippen molar-refractivity contribution in [1.29, 1.82) is 0 Å². The summed E-state index contributed by atoms with van der Waals surface area (Å²) in [4.78, 5) is 23.1. The van der Waals surface area contributed by atoms with E-state index in [-0.39, 0.29) is 5.91 Å². The summed E-state index contributed by atoms with van der Waals surface area (Å²) >= 11 is 3.35. The van der Waals surface area contributed by atoms with E-state index in [0.717, 1.165) is 0 Å². The zero-order valence-corrected chi connectivity index (χ0v) is 16.2. The van der Waals surface area contributed by atoms with Crippen molar-refractivity contribution in [1.82, 2.24) is 5.43 Å². The zero-order valence-electron chi connectivity index (χ0n) is 13.2. The Morgan fingerprint density at radius 2 is 2.20 bits per heavy atom. The number of amides is 1. The lowest BCUT2D eigenvalue weighted by molar-refractivity contribution is -0.139. The highest BCUT2D eigenvalue weighted by Crippen LogP contribution is 2.33. The van der Waals surface area contributed by atoms with Crippen LogP contribution in [0.2, 0.25) is 0 Å². The van der Waals surface area contributed by atoms with Crippen molar-refractivity contribution in [2.24, 2.45) is 5.10 Å². The van der Waals surface area contributed by atoms with E-state index in [1.807, 2.05) is 34.9 Å². The first-order valence-electron chi connectivity index (χ1n) is 7.19. The number of thiophene rings is 1. The molecule has 1 heterocycles. The Labute approximate surface area is 161 Å². The molecule has 2 rings (SSSR count). The van der Waals surface area contributed by atoms with Gasteiger partial charge in [0.25, 0.3) is 5.91 Å². The molecule has 0 bridgehead atoms. The molecule has 0 aliphatic heterocycles. The first-order valence-corrected chi connectivity index (χ1v) is 9.15. The van der Waals surface area contributed by atoms with Gasteiger partial charge in [0.05, 0.1) is 21.3 Å². The largest absolute Gasteiger partial charge is 0.490 e. The number of carboxylic acid groups (broad SMARTS) is 1. The number of nitrogens with one attached hydrogen (secondary N) is 1. The van der Waals surface area contributed by atoms with Crippen LogP contribution in [0.25, 0.3) is 0 Å². The maximum absolute atomic E-state index is 11.8. The molecule has 1 amide bonds. The number of carboxylic acids is 1. The summed E-state index contributed by atoms with van der Waals surface area (Å²) in [6, 6.07) is 6.92. The van der Waals surface area contributed by atoms with E-state index in [1.54, 1.807) is 24.3 Å². The van der Waals surface area contributed by atoms with Gasteiger partial charge in [0.2, 0.25) is 0 Å². The Morgan fingerprint density at radius 1 is 1.40 bits per heavy atom. The number of rotatable bonds is 8. The first-order chi connectivity index (χ1) is 12.0. The second-order valence-electron chi connectivity index (χ2n) is 4.62. The minimum absolute atomic E-state index is 0.285. The summed E-state index contributed by atoms with van der Waals surface area (Å²) in [6.45, 7) is 1.76. The third-order valence-corrected chi connectivity index (χ3v) is 4.47. The molecule has 2 aromatic rings. The Morgan fingerprint density at radius 3 is 2.84 bits per heavy atom. The van der Waals surface area contributed by atoms with E-state index in [1.165, 1.54) is 17.6 Å². The van der Waals surface area contributed by atoms with Crippen molar-refractivity contribution < 1.29 is 24.2 Å². The van der Waals surface area contributed by atoms with Crippen molar-refractivity contribution in [3.8, 4) is 11.5 Å². The second kappa shape index (κ2) is 9.37. The van der Waals surface area contributed by atoms with Crippen LogP contribution in [0.15, 0.2) is 34.7 Å². The maximum Gasteiger partial charge on any atom is 0.341 e. The average Bonchev–Trinajstić information content (AvgIpc) is 3.08. The quantitative estimate of drug-likeness (QED) is 0.349. The van der Waals surface area contributed by atoms with Crippen LogP contribution in [0.4, 0.5) is 0 Å². The van der Waals surface area contributed by atoms with Gasteiger partial charge in [-0.05, 0) is 58.7 Å². The van der Waals surface area contributed by atoms with Gasteiger partial charge in [0.15, 0.2) is 18.1 Å². The molecule has 1 aromatic heterocycles. The van der Waals surface area contributed by atoms with Crippen LogP contribution in [0.1, 0.15) is 22.2 Å². The van der Waals surface area contributed by atoms with Gasteiger partial charge in [-0.15, -0.1) is 11.3 Å². The molecule has 0 saturated carbocycles. The van der Waals surface area contributed by atoms with Gasteiger partial charge >= 0.3 is 5.97 Å². The second-order valence-corrected chi connectivity index (χ2v) is 6.73. The van der Waals surface area contributed by atoms with Gasteiger partial charge in [-0.2, -0.15) is 5.10 Å². The molecule has 0 aliphatic rings. The normalized spacial score (nSPS) is 10.6. The lowest BCUT2D eigenvalue weighted by Gasteiger charge is -2.13. The number of hydrazone groups is 1. The summed E-state index contributed by atoms with van der Waals surface area (Å²) in [5, 5.41) is 14.5. The molecule has 1 aromatic carbocycles. The molecule has 0 radical (unpaired) electrons. The van der Waals surface area contributed by atoms with Crippen molar-refractivity contribution in [2.75, 3.05) is 13.2 Å². The summed E-state index contributed by atoms with van der Waals surface area (Å²) in [6.07, 6.45) is 1.48. The maximum atomic E-state index is 11.8. The zero-order chi connectivity index (χ0) is 18.2. The molecule has 0 atom stereocenters. The van der Waals surface area contributed by atoms with Crippen LogP contribution >= 0.6 is 33.9 Å². The van der Waals surface area contributed by atoms with E-state index in [9.17, 15) is 9.59 Å². The van der Waals surface area contributed by atoms with Crippen LogP contribution in [0, 0.1) is 3.57 Å². The molecule has 0 spiro atoms. The van der Waals surface area contributed by atoms with Crippen molar-refractivity contribution >= 4 is 52.0 Å². The van der Waals surface area contributed by atoms with Gasteiger partial charge in [-0.25, -0.2) is 10.2 Å². The highest BCUT2D eigenvalue weighted by Gasteiger charge is 2.13. The number of nitrogens with zero attached hydrogens (tertiary/aromatic N) is 1. The first kappa shape index (κ1) is 19.2. The molecular formula is C16H15IN2O5S. The molecule has 2 N–H and O–H groups in total. The summed E-state index contributed by atoms with van der Waals surface area (Å²) in [5.41, 5.74) is 3.13. The number of ether oxygens (including phenoxy) is 2. The molecule has 7 nitrogen and oxygen atoms in total. The Bertz CT molecular complexity index is 777. The molecule has 132 valence electrons. The Kier molecular flexibility index (Phi) is 7.19. The average molecular weight is 474 g/mol. The summed E-state index contributed by atoms with van der Waals surface area (Å²) < 4.78 is 11.5. The third kappa shape index (κ3) is 5.71. The van der Waals surface area contributed by atoms with Gasteiger partial charge in [-0.3, -0.25) is 4.79 Å². The number of benzene rings is 1. The lowest BCUT2D eigenvalue weighted by Crippen LogP contribution is -2.16. The molecule has 0 aliphatic carbocycles.